The molecule has 9 nitrogen and oxygen atoms in total. The first kappa shape index (κ1) is 18.0. The van der Waals surface area contributed by atoms with Crippen LogP contribution in [0.25, 0.3) is 0 Å². The van der Waals surface area contributed by atoms with Gasteiger partial charge < -0.3 is 20.3 Å². The molecule has 0 aliphatic carbocycles. The number of urea groups is 1. The Bertz CT molecular complexity index is 808. The average Bonchev–Trinajstić information content (AvgIpc) is 2.87. The lowest BCUT2D eigenvalue weighted by Crippen LogP contribution is -2.37. The predicted molar refractivity (Wildman–Crippen MR) is 89.0 cm³/mol. The summed E-state index contributed by atoms with van der Waals surface area (Å²) < 4.78 is 9.43. The van der Waals surface area contributed by atoms with Crippen molar-refractivity contribution in [2.45, 2.75) is 20.8 Å². The normalized spacial score (nSPS) is 10.2. The van der Waals surface area contributed by atoms with Crippen LogP contribution in [0.5, 0.6) is 0 Å². The number of benzene rings is 1. The molecule has 132 valence electrons. The van der Waals surface area contributed by atoms with Gasteiger partial charge in [-0.1, -0.05) is 22.9 Å². The maximum absolute atomic E-state index is 11.8. The van der Waals surface area contributed by atoms with Gasteiger partial charge in [-0.2, -0.15) is 0 Å². The second-order valence-corrected chi connectivity index (χ2v) is 5.40. The van der Waals surface area contributed by atoms with Crippen LogP contribution >= 0.6 is 0 Å². The number of nitrogens with zero attached hydrogens (tertiary/aromatic N) is 1. The fourth-order valence-corrected chi connectivity index (χ4v) is 2.11. The number of carbonyl (C=O) groups is 3. The minimum atomic E-state index is -0.860. The first-order valence-corrected chi connectivity index (χ1v) is 7.35. The van der Waals surface area contributed by atoms with Gasteiger partial charge in [0.2, 0.25) is 5.88 Å². The SMILES string of the molecule is Cc1ccc(NC(=O)NC(=O)COC(=O)c2c(C)noc2N)c(C)c1. The molecule has 0 aliphatic heterocycles. The Hall–Kier alpha value is -3.36. The third-order valence-corrected chi connectivity index (χ3v) is 3.31. The molecule has 0 atom stereocenters. The number of imide groups is 1. The van der Waals surface area contributed by atoms with Crippen molar-refractivity contribution in [1.29, 1.82) is 0 Å². The van der Waals surface area contributed by atoms with Crippen molar-refractivity contribution in [3.63, 3.8) is 0 Å². The van der Waals surface area contributed by atoms with E-state index in [2.05, 4.69) is 20.3 Å². The third kappa shape index (κ3) is 4.56. The van der Waals surface area contributed by atoms with Crippen LogP contribution in [0, 0.1) is 20.8 Å². The van der Waals surface area contributed by atoms with Crippen LogP contribution in [0.15, 0.2) is 22.7 Å². The first-order valence-electron chi connectivity index (χ1n) is 7.35. The molecular formula is C16H18N4O5. The molecule has 1 heterocycles. The molecule has 0 spiro atoms. The summed E-state index contributed by atoms with van der Waals surface area (Å²) in [6.07, 6.45) is 0. The minimum Gasteiger partial charge on any atom is -0.452 e. The van der Waals surface area contributed by atoms with Crippen molar-refractivity contribution >= 4 is 29.5 Å². The summed E-state index contributed by atoms with van der Waals surface area (Å²) >= 11 is 0. The molecule has 0 saturated heterocycles. The summed E-state index contributed by atoms with van der Waals surface area (Å²) in [6.45, 7) is 4.62. The van der Waals surface area contributed by atoms with Crippen LogP contribution in [0.3, 0.4) is 0 Å². The number of aromatic nitrogens is 1. The highest BCUT2D eigenvalue weighted by atomic mass is 16.5. The summed E-state index contributed by atoms with van der Waals surface area (Å²) in [4.78, 5) is 35.3. The summed E-state index contributed by atoms with van der Waals surface area (Å²) in [5.74, 6) is -1.85. The molecule has 0 radical (unpaired) electrons. The van der Waals surface area contributed by atoms with Gasteiger partial charge in [0.1, 0.15) is 5.56 Å². The van der Waals surface area contributed by atoms with Crippen LogP contribution in [0.1, 0.15) is 27.2 Å². The Balaban J connectivity index is 1.85. The summed E-state index contributed by atoms with van der Waals surface area (Å²) in [7, 11) is 0. The van der Waals surface area contributed by atoms with Gasteiger partial charge in [0.05, 0.1) is 5.69 Å². The van der Waals surface area contributed by atoms with Gasteiger partial charge in [0, 0.05) is 5.69 Å². The predicted octanol–water partition coefficient (Wildman–Crippen LogP) is 1.69. The molecule has 0 unspecified atom stereocenters. The number of amides is 3. The topological polar surface area (TPSA) is 137 Å². The van der Waals surface area contributed by atoms with E-state index in [9.17, 15) is 14.4 Å². The molecule has 0 fully saturated rings. The summed E-state index contributed by atoms with van der Waals surface area (Å²) in [5, 5.41) is 8.12. The number of rotatable bonds is 4. The van der Waals surface area contributed by atoms with Gasteiger partial charge in [-0.05, 0) is 32.4 Å². The molecule has 0 saturated carbocycles. The van der Waals surface area contributed by atoms with E-state index >= 15 is 0 Å². The highest BCUT2D eigenvalue weighted by Crippen LogP contribution is 2.17. The van der Waals surface area contributed by atoms with E-state index in [-0.39, 0.29) is 17.1 Å². The Morgan fingerprint density at radius 3 is 2.56 bits per heavy atom. The molecule has 1 aromatic heterocycles. The smallest absolute Gasteiger partial charge is 0.346 e. The van der Waals surface area contributed by atoms with Crippen LogP contribution < -0.4 is 16.4 Å². The molecule has 0 bridgehead atoms. The Morgan fingerprint density at radius 2 is 1.96 bits per heavy atom. The van der Waals surface area contributed by atoms with E-state index in [4.69, 9.17) is 10.5 Å². The van der Waals surface area contributed by atoms with Crippen molar-refractivity contribution < 1.29 is 23.6 Å². The molecule has 1 aromatic carbocycles. The summed E-state index contributed by atoms with van der Waals surface area (Å²) in [6, 6.07) is 4.73. The monoisotopic (exact) mass is 346 g/mol. The number of carbonyl (C=O) groups excluding carboxylic acids is 3. The van der Waals surface area contributed by atoms with Crippen molar-refractivity contribution in [3.05, 3.63) is 40.6 Å². The van der Waals surface area contributed by atoms with E-state index in [1.165, 1.54) is 6.92 Å². The first-order chi connectivity index (χ1) is 11.8. The highest BCUT2D eigenvalue weighted by molar-refractivity contribution is 6.03. The fourth-order valence-electron chi connectivity index (χ4n) is 2.11. The molecule has 3 amide bonds. The maximum atomic E-state index is 11.8. The zero-order chi connectivity index (χ0) is 18.6. The lowest BCUT2D eigenvalue weighted by Gasteiger charge is -2.10. The number of nitrogen functional groups attached to an aromatic ring is 1. The second-order valence-electron chi connectivity index (χ2n) is 5.40. The van der Waals surface area contributed by atoms with E-state index in [0.29, 0.717) is 5.69 Å². The van der Waals surface area contributed by atoms with E-state index in [0.717, 1.165) is 11.1 Å². The molecule has 2 rings (SSSR count). The molecule has 25 heavy (non-hydrogen) atoms. The largest absolute Gasteiger partial charge is 0.452 e. The van der Waals surface area contributed by atoms with Crippen molar-refractivity contribution in [3.8, 4) is 0 Å². The van der Waals surface area contributed by atoms with Crippen LogP contribution in [-0.2, 0) is 9.53 Å². The van der Waals surface area contributed by atoms with Gasteiger partial charge in [-0.3, -0.25) is 10.1 Å². The summed E-state index contributed by atoms with van der Waals surface area (Å²) in [5.41, 5.74) is 8.12. The van der Waals surface area contributed by atoms with Crippen molar-refractivity contribution in [2.24, 2.45) is 0 Å². The number of nitrogens with one attached hydrogen (secondary N) is 2. The number of hydrogen-bond donors (Lipinski definition) is 3. The lowest BCUT2D eigenvalue weighted by atomic mass is 10.1. The van der Waals surface area contributed by atoms with Crippen molar-refractivity contribution in [1.82, 2.24) is 10.5 Å². The minimum absolute atomic E-state index is 0.0486. The second kappa shape index (κ2) is 7.47. The quantitative estimate of drug-likeness (QED) is 0.716. The van der Waals surface area contributed by atoms with Gasteiger partial charge in [0.15, 0.2) is 6.61 Å². The number of aryl methyl sites for hydroxylation is 3. The number of anilines is 2. The molecular weight excluding hydrogens is 328 g/mol. The van der Waals surface area contributed by atoms with Crippen molar-refractivity contribution in [2.75, 3.05) is 17.7 Å². The lowest BCUT2D eigenvalue weighted by molar-refractivity contribution is -0.123. The van der Waals surface area contributed by atoms with Crippen LogP contribution in [-0.4, -0.2) is 29.7 Å². The van der Waals surface area contributed by atoms with E-state index < -0.39 is 24.5 Å². The van der Waals surface area contributed by atoms with Gasteiger partial charge in [-0.15, -0.1) is 0 Å². The van der Waals surface area contributed by atoms with Gasteiger partial charge >= 0.3 is 12.0 Å². The molecule has 4 N–H and O–H groups in total. The number of esters is 1. The Morgan fingerprint density at radius 1 is 1.24 bits per heavy atom. The average molecular weight is 346 g/mol. The molecule has 2 aromatic rings. The third-order valence-electron chi connectivity index (χ3n) is 3.31. The van der Waals surface area contributed by atoms with E-state index in [1.54, 1.807) is 6.07 Å². The van der Waals surface area contributed by atoms with Crippen LogP contribution in [0.4, 0.5) is 16.4 Å². The standard InChI is InChI=1S/C16H18N4O5/c1-8-4-5-11(9(2)6-8)18-16(23)19-12(21)7-24-15(22)13-10(3)20-25-14(13)17/h4-6H,7,17H2,1-3H3,(H2,18,19,21,23). The number of nitrogens with two attached hydrogens (primary N) is 1. The maximum Gasteiger partial charge on any atom is 0.346 e. The van der Waals surface area contributed by atoms with Crippen LogP contribution in [0.2, 0.25) is 0 Å². The zero-order valence-corrected chi connectivity index (χ0v) is 14.0. The highest BCUT2D eigenvalue weighted by Gasteiger charge is 2.21. The Kier molecular flexibility index (Phi) is 5.38. The zero-order valence-electron chi connectivity index (χ0n) is 14.0. The van der Waals surface area contributed by atoms with E-state index in [1.807, 2.05) is 26.0 Å². The van der Waals surface area contributed by atoms with Gasteiger partial charge in [-0.25, -0.2) is 9.59 Å². The Labute approximate surface area is 143 Å². The molecule has 0 aliphatic rings. The number of ether oxygens (including phenoxy) is 1. The molecule has 9 heteroatoms. The fraction of sp³-hybridized carbons (Fsp3) is 0.250. The number of hydrogen-bond acceptors (Lipinski definition) is 7. The van der Waals surface area contributed by atoms with Gasteiger partial charge in [0.25, 0.3) is 5.91 Å².